The number of amides is 4. The molecule has 0 aliphatic carbocycles. The third-order valence-electron chi connectivity index (χ3n) is 14.5. The summed E-state index contributed by atoms with van der Waals surface area (Å²) in [6.07, 6.45) is -0.868. The van der Waals surface area contributed by atoms with Gasteiger partial charge in [-0.25, -0.2) is 9.69 Å². The Morgan fingerprint density at radius 1 is 0.743 bits per heavy atom. The monoisotopic (exact) mass is 939 g/mol. The number of ether oxygens (including phenoxy) is 4. The molecule has 5 aliphatic heterocycles. The van der Waals surface area contributed by atoms with E-state index in [2.05, 4.69) is 10.2 Å². The number of hydrogen-bond donors (Lipinski definition) is 2. The lowest BCUT2D eigenvalue weighted by atomic mass is 9.65. The summed E-state index contributed by atoms with van der Waals surface area (Å²) in [5.41, 5.74) is 2.87. The van der Waals surface area contributed by atoms with Gasteiger partial charge in [0.15, 0.2) is 11.5 Å². The smallest absolute Gasteiger partial charge is 0.329 e. The molecule has 11 rings (SSSR count). The second-order valence-corrected chi connectivity index (χ2v) is 18.4. The lowest BCUT2D eigenvalue weighted by Gasteiger charge is -2.46. The standard InChI is InChI=1S/C56H53N5O9/c1-36(38-14-5-2-6-15-38)57-55(66)60-44-23-12-11-22-43(44)56(54(60)65)47(52(63)59-28-26-58(27-29-59)34-37-24-25-45-46(32-37)69-35-68-45)49-53(64)70-50(40-18-9-4-10-19-40)48(39-16-7-3-8-17-39)61(49)51(56)41-20-13-21-42(33-41)67-31-30-62/h2-25,32-33,36,47-51,62H,26-31,34-35H2,1H3,(H,57,66). The first kappa shape index (κ1) is 45.0. The van der Waals surface area contributed by atoms with Crippen molar-refractivity contribution < 1.29 is 43.2 Å². The maximum Gasteiger partial charge on any atom is 0.329 e. The lowest BCUT2D eigenvalue weighted by Crippen LogP contribution is -2.59. The van der Waals surface area contributed by atoms with E-state index in [4.69, 9.17) is 18.9 Å². The van der Waals surface area contributed by atoms with Gasteiger partial charge in [-0.2, -0.15) is 0 Å². The number of esters is 1. The number of carbonyl (C=O) groups is 4. The van der Waals surface area contributed by atoms with Crippen molar-refractivity contribution in [3.63, 3.8) is 0 Å². The van der Waals surface area contributed by atoms with Crippen LogP contribution in [0.3, 0.4) is 0 Å². The summed E-state index contributed by atoms with van der Waals surface area (Å²) in [6.45, 7) is 4.10. The zero-order valence-electron chi connectivity index (χ0n) is 38.6. The minimum atomic E-state index is -1.89. The van der Waals surface area contributed by atoms with Crippen LogP contribution in [0.25, 0.3) is 0 Å². The van der Waals surface area contributed by atoms with Gasteiger partial charge in [-0.1, -0.05) is 127 Å². The normalized spacial score (nSPS) is 24.2. The van der Waals surface area contributed by atoms with E-state index in [0.717, 1.165) is 22.3 Å². The molecule has 6 aromatic carbocycles. The summed E-state index contributed by atoms with van der Waals surface area (Å²) in [6, 6.07) is 44.8. The van der Waals surface area contributed by atoms with E-state index in [1.165, 1.54) is 4.90 Å². The molecule has 5 heterocycles. The molecule has 7 unspecified atom stereocenters. The van der Waals surface area contributed by atoms with Crippen molar-refractivity contribution in [1.29, 1.82) is 0 Å². The molecule has 70 heavy (non-hydrogen) atoms. The molecule has 4 amide bonds. The highest BCUT2D eigenvalue weighted by molar-refractivity contribution is 6.24. The van der Waals surface area contributed by atoms with Gasteiger partial charge in [0.25, 0.3) is 0 Å². The second kappa shape index (κ2) is 18.8. The first-order valence-corrected chi connectivity index (χ1v) is 23.9. The second-order valence-electron chi connectivity index (χ2n) is 18.4. The predicted molar refractivity (Wildman–Crippen MR) is 259 cm³/mol. The Balaban J connectivity index is 1.08. The largest absolute Gasteiger partial charge is 0.491 e. The molecule has 0 aromatic heterocycles. The highest BCUT2D eigenvalue weighted by atomic mass is 16.7. The molecule has 3 fully saturated rings. The number of hydrogen-bond acceptors (Lipinski definition) is 11. The number of aliphatic hydroxyl groups is 1. The van der Waals surface area contributed by atoms with Crippen LogP contribution in [0.2, 0.25) is 0 Å². The van der Waals surface area contributed by atoms with Gasteiger partial charge >= 0.3 is 12.0 Å². The molecule has 7 atom stereocenters. The number of carbonyl (C=O) groups excluding carboxylic acids is 4. The van der Waals surface area contributed by atoms with E-state index in [1.807, 2.05) is 151 Å². The number of fused-ring (bicyclic) bond motifs is 4. The van der Waals surface area contributed by atoms with Crippen molar-refractivity contribution in [2.45, 2.75) is 49.2 Å². The number of aliphatic hydroxyl groups excluding tert-OH is 1. The Hall–Kier alpha value is -7.52. The summed E-state index contributed by atoms with van der Waals surface area (Å²) >= 11 is 0. The summed E-state index contributed by atoms with van der Waals surface area (Å²) in [7, 11) is 0. The van der Waals surface area contributed by atoms with Gasteiger partial charge < -0.3 is 34.3 Å². The Bertz CT molecular complexity index is 2920. The topological polar surface area (TPSA) is 150 Å². The summed E-state index contributed by atoms with van der Waals surface area (Å²) in [5.74, 6) is -1.23. The summed E-state index contributed by atoms with van der Waals surface area (Å²) in [4.78, 5) is 70.6. The quantitative estimate of drug-likeness (QED) is 0.126. The minimum absolute atomic E-state index is 0.0116. The molecular weight excluding hydrogens is 887 g/mol. The maximum absolute atomic E-state index is 16.6. The van der Waals surface area contributed by atoms with E-state index < -0.39 is 65.4 Å². The molecule has 6 aromatic rings. The van der Waals surface area contributed by atoms with Gasteiger partial charge in [0, 0.05) is 32.7 Å². The van der Waals surface area contributed by atoms with Gasteiger partial charge in [0.05, 0.1) is 36.3 Å². The van der Waals surface area contributed by atoms with E-state index in [0.29, 0.717) is 66.8 Å². The van der Waals surface area contributed by atoms with Crippen molar-refractivity contribution >= 4 is 29.5 Å². The Morgan fingerprint density at radius 3 is 2.16 bits per heavy atom. The van der Waals surface area contributed by atoms with Gasteiger partial charge in [-0.3, -0.25) is 24.2 Å². The van der Waals surface area contributed by atoms with E-state index in [-0.39, 0.29) is 20.0 Å². The highest BCUT2D eigenvalue weighted by Crippen LogP contribution is 2.66. The van der Waals surface area contributed by atoms with E-state index in [1.54, 1.807) is 23.1 Å². The maximum atomic E-state index is 16.6. The van der Waals surface area contributed by atoms with Crippen molar-refractivity contribution in [2.75, 3.05) is 51.1 Å². The number of nitrogens with zero attached hydrogens (tertiary/aromatic N) is 4. The lowest BCUT2D eigenvalue weighted by molar-refractivity contribution is -0.179. The number of anilines is 1. The molecular formula is C56H53N5O9. The van der Waals surface area contributed by atoms with Crippen LogP contribution in [0, 0.1) is 5.92 Å². The number of cyclic esters (lactones) is 1. The van der Waals surface area contributed by atoms with Crippen LogP contribution < -0.4 is 24.4 Å². The van der Waals surface area contributed by atoms with Crippen molar-refractivity contribution in [3.8, 4) is 17.2 Å². The van der Waals surface area contributed by atoms with Gasteiger partial charge in [0.2, 0.25) is 18.6 Å². The number of urea groups is 1. The van der Waals surface area contributed by atoms with Crippen molar-refractivity contribution in [2.24, 2.45) is 5.92 Å². The van der Waals surface area contributed by atoms with Crippen LogP contribution >= 0.6 is 0 Å². The Labute approximate surface area is 405 Å². The number of rotatable bonds is 11. The SMILES string of the molecule is CC(NC(=O)N1C(=O)C2(c3ccccc31)C(C(=O)N1CCN(Cc3ccc4c(c3)OCO4)CC1)C1C(=O)OC(c3ccccc3)C(c3ccccc3)N1C2c1cccc(OCCO)c1)c1ccccc1. The molecule has 5 aliphatic rings. The third kappa shape index (κ3) is 7.72. The van der Waals surface area contributed by atoms with Crippen molar-refractivity contribution in [1.82, 2.24) is 20.0 Å². The minimum Gasteiger partial charge on any atom is -0.491 e. The van der Waals surface area contributed by atoms with Crippen LogP contribution in [0.5, 0.6) is 17.2 Å². The zero-order chi connectivity index (χ0) is 47.9. The van der Waals surface area contributed by atoms with Crippen LogP contribution in [-0.2, 0) is 31.1 Å². The predicted octanol–water partition coefficient (Wildman–Crippen LogP) is 7.27. The third-order valence-corrected chi connectivity index (χ3v) is 14.5. The van der Waals surface area contributed by atoms with Crippen LogP contribution in [0.1, 0.15) is 64.5 Å². The zero-order valence-corrected chi connectivity index (χ0v) is 38.6. The fourth-order valence-electron chi connectivity index (χ4n) is 11.5. The molecule has 0 radical (unpaired) electrons. The van der Waals surface area contributed by atoms with Gasteiger partial charge in [-0.15, -0.1) is 0 Å². The molecule has 14 nitrogen and oxygen atoms in total. The average molecular weight is 940 g/mol. The highest BCUT2D eigenvalue weighted by Gasteiger charge is 2.76. The molecule has 0 bridgehead atoms. The first-order valence-electron chi connectivity index (χ1n) is 23.9. The molecule has 2 N–H and O–H groups in total. The van der Waals surface area contributed by atoms with Crippen LogP contribution in [0.4, 0.5) is 10.5 Å². The molecule has 1 spiro atoms. The average Bonchev–Trinajstić information content (AvgIpc) is 4.08. The van der Waals surface area contributed by atoms with E-state index >= 15 is 19.2 Å². The van der Waals surface area contributed by atoms with Gasteiger partial charge in [-0.05, 0) is 70.6 Å². The fourth-order valence-corrected chi connectivity index (χ4v) is 11.5. The molecule has 0 saturated carbocycles. The van der Waals surface area contributed by atoms with Gasteiger partial charge in [0.1, 0.15) is 29.9 Å². The number of para-hydroxylation sites is 1. The first-order chi connectivity index (χ1) is 34.3. The fraction of sp³-hybridized carbons (Fsp3) is 0.286. The van der Waals surface area contributed by atoms with Crippen molar-refractivity contribution in [3.05, 3.63) is 191 Å². The number of benzene rings is 6. The summed E-state index contributed by atoms with van der Waals surface area (Å²) < 4.78 is 23.9. The number of piperazine rings is 1. The number of imide groups is 1. The summed E-state index contributed by atoms with van der Waals surface area (Å²) in [5, 5.41) is 12.9. The Morgan fingerprint density at radius 2 is 1.41 bits per heavy atom. The van der Waals surface area contributed by atoms with Crippen LogP contribution in [-0.4, -0.2) is 95.8 Å². The Kier molecular flexibility index (Phi) is 12.0. The van der Waals surface area contributed by atoms with Crippen LogP contribution in [0.15, 0.2) is 158 Å². The van der Waals surface area contributed by atoms with E-state index in [9.17, 15) is 5.11 Å². The number of morpholine rings is 1. The molecule has 356 valence electrons. The molecule has 14 heteroatoms. The molecule has 3 saturated heterocycles. The number of nitrogens with one attached hydrogen (secondary N) is 1.